The van der Waals surface area contributed by atoms with Gasteiger partial charge < -0.3 is 31.1 Å². The monoisotopic (exact) mass is 909 g/mol. The minimum absolute atomic E-state index is 0.0910. The molecule has 0 saturated carbocycles. The van der Waals surface area contributed by atoms with Crippen LogP contribution in [-0.4, -0.2) is 118 Å². The van der Waals surface area contributed by atoms with Crippen molar-refractivity contribution in [2.45, 2.75) is 295 Å². The molecule has 6 atom stereocenters. The van der Waals surface area contributed by atoms with Crippen molar-refractivity contribution in [3.63, 3.8) is 0 Å². The molecule has 0 radical (unpaired) electrons. The number of aliphatic hydroxyl groups excluding tert-OH is 4. The molecule has 0 aromatic heterocycles. The molecular weight excluding hydrogens is 801 g/mol. The number of nitrogens with one attached hydrogen (secondary N) is 2. The van der Waals surface area contributed by atoms with Crippen molar-refractivity contribution in [2.75, 3.05) is 39.3 Å². The van der Waals surface area contributed by atoms with Gasteiger partial charge in [0.2, 0.25) is 11.8 Å². The van der Waals surface area contributed by atoms with Crippen LogP contribution < -0.4 is 10.6 Å². The first kappa shape index (κ1) is 60.7. The molecule has 1 aliphatic heterocycles. The molecule has 1 heterocycles. The van der Waals surface area contributed by atoms with E-state index in [1.165, 1.54) is 116 Å². The van der Waals surface area contributed by atoms with Gasteiger partial charge in [0.15, 0.2) is 0 Å². The fourth-order valence-corrected chi connectivity index (χ4v) is 9.52. The van der Waals surface area contributed by atoms with Crippen molar-refractivity contribution in [3.05, 3.63) is 0 Å². The van der Waals surface area contributed by atoms with Gasteiger partial charge in [-0.1, -0.05) is 201 Å². The molecule has 380 valence electrons. The van der Waals surface area contributed by atoms with E-state index < -0.39 is 24.3 Å². The van der Waals surface area contributed by atoms with Gasteiger partial charge in [-0.2, -0.15) is 0 Å². The summed E-state index contributed by atoms with van der Waals surface area (Å²) in [6.07, 6.45) is 37.3. The summed E-state index contributed by atoms with van der Waals surface area (Å²) in [7, 11) is 0. The lowest BCUT2D eigenvalue weighted by atomic mass is 10.00. The third-order valence-corrected chi connectivity index (χ3v) is 13.6. The number of aliphatic hydroxyl groups is 4. The van der Waals surface area contributed by atoms with Gasteiger partial charge >= 0.3 is 0 Å². The summed E-state index contributed by atoms with van der Waals surface area (Å²) >= 11 is 0. The second-order valence-electron chi connectivity index (χ2n) is 20.2. The maximum atomic E-state index is 13.1. The van der Waals surface area contributed by atoms with Crippen LogP contribution in [0.4, 0.5) is 0 Å². The molecule has 10 heteroatoms. The van der Waals surface area contributed by atoms with Gasteiger partial charge in [0, 0.05) is 26.2 Å². The normalized spacial score (nSPS) is 17.5. The van der Waals surface area contributed by atoms with Crippen LogP contribution >= 0.6 is 0 Å². The molecule has 5 unspecified atom stereocenters. The number of rotatable bonds is 48. The molecule has 1 saturated heterocycles. The molecule has 2 amide bonds. The maximum absolute atomic E-state index is 13.1. The summed E-state index contributed by atoms with van der Waals surface area (Å²) in [5.41, 5.74) is 0. The third-order valence-electron chi connectivity index (χ3n) is 13.6. The van der Waals surface area contributed by atoms with Gasteiger partial charge in [-0.05, 0) is 70.9 Å². The van der Waals surface area contributed by atoms with Crippen LogP contribution in [0.2, 0.25) is 0 Å². The van der Waals surface area contributed by atoms with Crippen LogP contribution in [0.15, 0.2) is 0 Å². The van der Waals surface area contributed by atoms with Crippen molar-refractivity contribution in [2.24, 2.45) is 0 Å². The average molecular weight is 909 g/mol. The molecule has 1 aliphatic rings. The Kier molecular flexibility index (Phi) is 40.8. The number of hydrogen-bond acceptors (Lipinski definition) is 8. The van der Waals surface area contributed by atoms with Crippen LogP contribution in [0.5, 0.6) is 0 Å². The van der Waals surface area contributed by atoms with Gasteiger partial charge in [-0.25, -0.2) is 0 Å². The van der Waals surface area contributed by atoms with Crippen LogP contribution in [0.1, 0.15) is 259 Å². The Morgan fingerprint density at radius 2 is 0.594 bits per heavy atom. The van der Waals surface area contributed by atoms with Crippen LogP contribution in [-0.2, 0) is 9.59 Å². The smallest absolute Gasteiger partial charge is 0.243 e. The first-order valence-corrected chi connectivity index (χ1v) is 27.9. The Labute approximate surface area is 395 Å². The SMILES string of the molecule is CCCCCCCCC(O)CN(CCCCCC[C@@H]1NC(=O)C(CCCCN(CC(O)CCCCCCCC)CC(O)CCCCCCCC)NC1=O)CC(O)CCCCCCCC. The highest BCUT2D eigenvalue weighted by Crippen LogP contribution is 2.17. The Morgan fingerprint density at radius 3 is 0.906 bits per heavy atom. The molecule has 6 N–H and O–H groups in total. The van der Waals surface area contributed by atoms with Crippen molar-refractivity contribution in [1.29, 1.82) is 0 Å². The molecule has 1 fully saturated rings. The summed E-state index contributed by atoms with van der Waals surface area (Å²) in [5.74, 6) is -0.188. The first-order chi connectivity index (χ1) is 31.1. The predicted molar refractivity (Wildman–Crippen MR) is 270 cm³/mol. The summed E-state index contributed by atoms with van der Waals surface area (Å²) in [6.45, 7) is 12.9. The Morgan fingerprint density at radius 1 is 0.359 bits per heavy atom. The summed E-state index contributed by atoms with van der Waals surface area (Å²) in [4.78, 5) is 30.7. The Bertz CT molecular complexity index is 1010. The van der Waals surface area contributed by atoms with E-state index in [1.807, 2.05) is 0 Å². The molecule has 0 aromatic carbocycles. The zero-order chi connectivity index (χ0) is 46.9. The van der Waals surface area contributed by atoms with Crippen molar-refractivity contribution < 1.29 is 30.0 Å². The average Bonchev–Trinajstić information content (AvgIpc) is 3.26. The number of amides is 2. The van der Waals surface area contributed by atoms with E-state index in [-0.39, 0.29) is 24.0 Å². The molecular formula is C54H108N4O6. The number of nitrogens with zero attached hydrogens (tertiary/aromatic N) is 2. The van der Waals surface area contributed by atoms with E-state index in [0.29, 0.717) is 39.0 Å². The lowest BCUT2D eigenvalue weighted by Gasteiger charge is -2.30. The molecule has 10 nitrogen and oxygen atoms in total. The highest BCUT2D eigenvalue weighted by atomic mass is 16.3. The number of hydrogen-bond donors (Lipinski definition) is 6. The fraction of sp³-hybridized carbons (Fsp3) is 0.963. The van der Waals surface area contributed by atoms with Gasteiger partial charge in [-0.15, -0.1) is 0 Å². The van der Waals surface area contributed by atoms with E-state index in [1.54, 1.807) is 0 Å². The highest BCUT2D eigenvalue weighted by Gasteiger charge is 2.32. The fourth-order valence-electron chi connectivity index (χ4n) is 9.52. The molecule has 0 spiro atoms. The minimum Gasteiger partial charge on any atom is -0.392 e. The van der Waals surface area contributed by atoms with E-state index in [4.69, 9.17) is 0 Å². The Hall–Kier alpha value is -1.30. The summed E-state index contributed by atoms with van der Waals surface area (Å²) in [5, 5.41) is 49.7. The van der Waals surface area contributed by atoms with Crippen molar-refractivity contribution in [3.8, 4) is 0 Å². The van der Waals surface area contributed by atoms with E-state index in [9.17, 15) is 30.0 Å². The van der Waals surface area contributed by atoms with Crippen LogP contribution in [0.25, 0.3) is 0 Å². The first-order valence-electron chi connectivity index (χ1n) is 27.9. The maximum Gasteiger partial charge on any atom is 0.243 e. The van der Waals surface area contributed by atoms with E-state index in [2.05, 4.69) is 48.1 Å². The molecule has 1 rings (SSSR count). The molecule has 0 bridgehead atoms. The summed E-state index contributed by atoms with van der Waals surface area (Å²) < 4.78 is 0. The van der Waals surface area contributed by atoms with Crippen LogP contribution in [0, 0.1) is 0 Å². The number of piperazine rings is 1. The number of unbranched alkanes of at least 4 members (excludes halogenated alkanes) is 24. The van der Waals surface area contributed by atoms with Gasteiger partial charge in [0.05, 0.1) is 24.4 Å². The Balaban J connectivity index is 2.50. The lowest BCUT2D eigenvalue weighted by molar-refractivity contribution is -0.137. The van der Waals surface area contributed by atoms with E-state index >= 15 is 0 Å². The van der Waals surface area contributed by atoms with Crippen molar-refractivity contribution >= 4 is 11.8 Å². The van der Waals surface area contributed by atoms with Crippen molar-refractivity contribution in [1.82, 2.24) is 20.4 Å². The zero-order valence-corrected chi connectivity index (χ0v) is 42.7. The number of carbonyl (C=O) groups excluding carboxylic acids is 2. The second-order valence-corrected chi connectivity index (χ2v) is 20.2. The van der Waals surface area contributed by atoms with Gasteiger partial charge in [-0.3, -0.25) is 19.4 Å². The van der Waals surface area contributed by atoms with Gasteiger partial charge in [0.25, 0.3) is 0 Å². The molecule has 0 aromatic rings. The second kappa shape index (κ2) is 43.0. The van der Waals surface area contributed by atoms with Gasteiger partial charge in [0.1, 0.15) is 12.1 Å². The largest absolute Gasteiger partial charge is 0.392 e. The zero-order valence-electron chi connectivity index (χ0n) is 42.7. The minimum atomic E-state index is -0.521. The number of carbonyl (C=O) groups is 2. The summed E-state index contributed by atoms with van der Waals surface area (Å²) in [6, 6.07) is -1.01. The molecule has 64 heavy (non-hydrogen) atoms. The van der Waals surface area contributed by atoms with E-state index in [0.717, 1.165) is 116 Å². The highest BCUT2D eigenvalue weighted by molar-refractivity contribution is 5.96. The topological polar surface area (TPSA) is 146 Å². The predicted octanol–water partition coefficient (Wildman–Crippen LogP) is 11.1. The lowest BCUT2D eigenvalue weighted by Crippen LogP contribution is -2.61. The standard InChI is InChI=1S/C54H108N4O6/c1-5-9-13-17-21-27-35-47(59)43-57(44-48(60)36-28-22-18-14-10-6-2)41-33-26-25-31-39-51-53(63)56-52(54(64)55-51)40-32-34-42-58(45-49(61)37-29-23-19-15-11-7-3)46-50(62)38-30-24-20-16-12-8-4/h47-52,59-62H,5-46H2,1-4H3,(H,55,64)(H,56,63)/t47?,48?,49?,50?,51-,52?/m0/s1. The molecule has 0 aliphatic carbocycles. The quantitative estimate of drug-likeness (QED) is 0.0331. The van der Waals surface area contributed by atoms with Crippen LogP contribution in [0.3, 0.4) is 0 Å². The third kappa shape index (κ3) is 34.9.